The highest BCUT2D eigenvalue weighted by Gasteiger charge is 2.16. The Morgan fingerprint density at radius 2 is 1.55 bits per heavy atom. The van der Waals surface area contributed by atoms with Gasteiger partial charge >= 0.3 is 0 Å². The predicted octanol–water partition coefficient (Wildman–Crippen LogP) is 4.53. The monoisotopic (exact) mass is 391 g/mol. The molecule has 0 unspecified atom stereocenters. The van der Waals surface area contributed by atoms with Gasteiger partial charge in [-0.3, -0.25) is 0 Å². The Morgan fingerprint density at radius 1 is 0.862 bits per heavy atom. The number of benzene rings is 3. The van der Waals surface area contributed by atoms with Gasteiger partial charge in [0.05, 0.1) is 19.8 Å². The van der Waals surface area contributed by atoms with E-state index in [0.717, 1.165) is 23.3 Å². The third-order valence-corrected chi connectivity index (χ3v) is 4.96. The van der Waals surface area contributed by atoms with Crippen LogP contribution in [-0.2, 0) is 13.0 Å². The van der Waals surface area contributed by atoms with E-state index >= 15 is 0 Å². The zero-order chi connectivity index (χ0) is 20.5. The zero-order valence-corrected chi connectivity index (χ0v) is 17.0. The standard InChI is InChI=1S/C25H29NO3/c1-19(25(27)22-11-7-4-8-12-22)26-18-21-13-14-23(24(17-21)28-2)29-16-15-20-9-5-3-6-10-20/h3-14,17,19,25-27H,15-16,18H2,1-2H3/t19-,25-/m1/s1. The zero-order valence-electron chi connectivity index (χ0n) is 17.0. The maximum absolute atomic E-state index is 10.5. The number of rotatable bonds is 10. The van der Waals surface area contributed by atoms with E-state index < -0.39 is 6.10 Å². The van der Waals surface area contributed by atoms with Crippen molar-refractivity contribution in [2.75, 3.05) is 13.7 Å². The number of hydrogen-bond donors (Lipinski definition) is 2. The van der Waals surface area contributed by atoms with Gasteiger partial charge in [-0.05, 0) is 35.7 Å². The maximum atomic E-state index is 10.5. The highest BCUT2D eigenvalue weighted by Crippen LogP contribution is 2.28. The number of nitrogens with one attached hydrogen (secondary N) is 1. The van der Waals surface area contributed by atoms with E-state index in [1.165, 1.54) is 5.56 Å². The lowest BCUT2D eigenvalue weighted by Gasteiger charge is -2.21. The molecule has 4 nitrogen and oxygen atoms in total. The molecule has 0 amide bonds. The van der Waals surface area contributed by atoms with Crippen molar-refractivity contribution in [3.05, 3.63) is 95.6 Å². The summed E-state index contributed by atoms with van der Waals surface area (Å²) in [5.74, 6) is 1.46. The first-order valence-electron chi connectivity index (χ1n) is 9.97. The van der Waals surface area contributed by atoms with Gasteiger partial charge in [0, 0.05) is 19.0 Å². The molecule has 3 rings (SSSR count). The summed E-state index contributed by atoms with van der Waals surface area (Å²) in [6, 6.07) is 25.8. The summed E-state index contributed by atoms with van der Waals surface area (Å²) in [4.78, 5) is 0. The third kappa shape index (κ3) is 6.08. The van der Waals surface area contributed by atoms with Gasteiger partial charge < -0.3 is 19.9 Å². The molecule has 2 N–H and O–H groups in total. The van der Waals surface area contributed by atoms with Crippen molar-refractivity contribution < 1.29 is 14.6 Å². The van der Waals surface area contributed by atoms with Crippen molar-refractivity contribution in [2.24, 2.45) is 0 Å². The first kappa shape index (κ1) is 20.9. The fourth-order valence-electron chi connectivity index (χ4n) is 3.19. The highest BCUT2D eigenvalue weighted by atomic mass is 16.5. The lowest BCUT2D eigenvalue weighted by molar-refractivity contribution is 0.135. The van der Waals surface area contributed by atoms with Crippen LogP contribution in [0.25, 0.3) is 0 Å². The van der Waals surface area contributed by atoms with E-state index in [4.69, 9.17) is 9.47 Å². The summed E-state index contributed by atoms with van der Waals surface area (Å²) in [5, 5.41) is 13.9. The highest BCUT2D eigenvalue weighted by molar-refractivity contribution is 5.43. The molecule has 152 valence electrons. The molecule has 0 saturated heterocycles. The van der Waals surface area contributed by atoms with Crippen LogP contribution in [0.5, 0.6) is 11.5 Å². The fraction of sp³-hybridized carbons (Fsp3) is 0.280. The second-order valence-corrected chi connectivity index (χ2v) is 7.09. The van der Waals surface area contributed by atoms with Crippen LogP contribution in [0.15, 0.2) is 78.9 Å². The Balaban J connectivity index is 1.54. The topological polar surface area (TPSA) is 50.7 Å². The summed E-state index contributed by atoms with van der Waals surface area (Å²) < 4.78 is 11.4. The molecule has 0 aromatic heterocycles. The van der Waals surface area contributed by atoms with E-state index in [0.29, 0.717) is 18.9 Å². The summed E-state index contributed by atoms with van der Waals surface area (Å²) in [7, 11) is 1.65. The average molecular weight is 392 g/mol. The molecule has 2 atom stereocenters. The van der Waals surface area contributed by atoms with Gasteiger partial charge in [-0.25, -0.2) is 0 Å². The van der Waals surface area contributed by atoms with Crippen LogP contribution in [0.3, 0.4) is 0 Å². The van der Waals surface area contributed by atoms with Gasteiger partial charge in [-0.2, -0.15) is 0 Å². The van der Waals surface area contributed by atoms with E-state index in [2.05, 4.69) is 17.4 Å². The van der Waals surface area contributed by atoms with Gasteiger partial charge in [-0.1, -0.05) is 66.7 Å². The molecule has 3 aromatic rings. The lowest BCUT2D eigenvalue weighted by atomic mass is 10.0. The molecule has 0 aliphatic heterocycles. The number of hydrogen-bond acceptors (Lipinski definition) is 4. The van der Waals surface area contributed by atoms with Crippen molar-refractivity contribution >= 4 is 0 Å². The molecule has 4 heteroatoms. The Morgan fingerprint density at radius 3 is 2.24 bits per heavy atom. The second kappa shape index (κ2) is 10.6. The molecule has 0 saturated carbocycles. The molecular weight excluding hydrogens is 362 g/mol. The normalized spacial score (nSPS) is 12.9. The van der Waals surface area contributed by atoms with Crippen LogP contribution in [0.2, 0.25) is 0 Å². The molecule has 3 aromatic carbocycles. The summed E-state index contributed by atoms with van der Waals surface area (Å²) >= 11 is 0. The van der Waals surface area contributed by atoms with Crippen LogP contribution < -0.4 is 14.8 Å². The van der Waals surface area contributed by atoms with Gasteiger partial charge in [0.25, 0.3) is 0 Å². The maximum Gasteiger partial charge on any atom is 0.161 e. The van der Waals surface area contributed by atoms with Crippen LogP contribution in [0, 0.1) is 0 Å². The summed E-state index contributed by atoms with van der Waals surface area (Å²) in [6.45, 7) is 3.21. The Kier molecular flexibility index (Phi) is 7.68. The first-order chi connectivity index (χ1) is 14.2. The van der Waals surface area contributed by atoms with Gasteiger partial charge in [0.2, 0.25) is 0 Å². The van der Waals surface area contributed by atoms with Crippen molar-refractivity contribution in [1.29, 1.82) is 0 Å². The number of methoxy groups -OCH3 is 1. The Bertz CT molecular complexity index is 868. The van der Waals surface area contributed by atoms with Crippen molar-refractivity contribution in [3.63, 3.8) is 0 Å². The minimum atomic E-state index is -0.557. The molecule has 0 spiro atoms. The summed E-state index contributed by atoms with van der Waals surface area (Å²) in [6.07, 6.45) is 0.293. The van der Waals surface area contributed by atoms with E-state index in [1.54, 1.807) is 7.11 Å². The van der Waals surface area contributed by atoms with Crippen LogP contribution in [0.1, 0.15) is 29.7 Å². The quantitative estimate of drug-likeness (QED) is 0.533. The third-order valence-electron chi connectivity index (χ3n) is 4.96. The smallest absolute Gasteiger partial charge is 0.161 e. The van der Waals surface area contributed by atoms with Gasteiger partial charge in [0.15, 0.2) is 11.5 Å². The van der Waals surface area contributed by atoms with Crippen LogP contribution in [0.4, 0.5) is 0 Å². The van der Waals surface area contributed by atoms with Gasteiger partial charge in [-0.15, -0.1) is 0 Å². The summed E-state index contributed by atoms with van der Waals surface area (Å²) in [5.41, 5.74) is 3.23. The SMILES string of the molecule is COc1cc(CN[C@H](C)[C@@H](O)c2ccccc2)ccc1OCCc1ccccc1. The van der Waals surface area contributed by atoms with Crippen molar-refractivity contribution in [1.82, 2.24) is 5.32 Å². The number of ether oxygens (including phenoxy) is 2. The minimum absolute atomic E-state index is 0.0785. The Hall–Kier alpha value is -2.82. The molecule has 0 aliphatic carbocycles. The molecule has 0 radical (unpaired) electrons. The van der Waals surface area contributed by atoms with Crippen LogP contribution in [-0.4, -0.2) is 24.9 Å². The molecule has 0 fully saturated rings. The number of aliphatic hydroxyl groups is 1. The Labute approximate surface area is 173 Å². The minimum Gasteiger partial charge on any atom is -0.493 e. The van der Waals surface area contributed by atoms with Crippen molar-refractivity contribution in [3.8, 4) is 11.5 Å². The molecule has 0 aliphatic rings. The van der Waals surface area contributed by atoms with E-state index in [1.807, 2.05) is 73.7 Å². The molecule has 0 heterocycles. The van der Waals surface area contributed by atoms with Gasteiger partial charge in [0.1, 0.15) is 0 Å². The van der Waals surface area contributed by atoms with E-state index in [-0.39, 0.29) is 6.04 Å². The average Bonchev–Trinajstić information content (AvgIpc) is 2.78. The van der Waals surface area contributed by atoms with Crippen LogP contribution >= 0.6 is 0 Å². The molecular formula is C25H29NO3. The van der Waals surface area contributed by atoms with Crippen molar-refractivity contribution in [2.45, 2.75) is 32.0 Å². The first-order valence-corrected chi connectivity index (χ1v) is 9.97. The lowest BCUT2D eigenvalue weighted by Crippen LogP contribution is -2.31. The second-order valence-electron chi connectivity index (χ2n) is 7.09. The predicted molar refractivity (Wildman–Crippen MR) is 116 cm³/mol. The largest absolute Gasteiger partial charge is 0.493 e. The fourth-order valence-corrected chi connectivity index (χ4v) is 3.19. The number of aliphatic hydroxyl groups excluding tert-OH is 1. The molecule has 29 heavy (non-hydrogen) atoms. The van der Waals surface area contributed by atoms with E-state index in [9.17, 15) is 5.11 Å². The molecule has 0 bridgehead atoms.